The third-order valence-corrected chi connectivity index (χ3v) is 4.91. The normalized spacial score (nSPS) is 23.1. The number of hydrogen-bond donors (Lipinski definition) is 0. The molecule has 7 heteroatoms. The third-order valence-electron chi connectivity index (χ3n) is 4.91. The van der Waals surface area contributed by atoms with Crippen molar-refractivity contribution in [2.24, 2.45) is 0 Å². The van der Waals surface area contributed by atoms with Gasteiger partial charge in [-0.1, -0.05) is 13.3 Å². The molecule has 2 aromatic rings. The Morgan fingerprint density at radius 1 is 1.04 bits per heavy atom. The summed E-state index contributed by atoms with van der Waals surface area (Å²) < 4.78 is 18.1. The summed E-state index contributed by atoms with van der Waals surface area (Å²) in [4.78, 5) is 15.4. The van der Waals surface area contributed by atoms with Gasteiger partial charge in [0, 0.05) is 31.2 Å². The van der Waals surface area contributed by atoms with Crippen molar-refractivity contribution in [3.05, 3.63) is 42.0 Å². The van der Waals surface area contributed by atoms with Gasteiger partial charge in [0.15, 0.2) is 0 Å². The molecule has 0 saturated carbocycles. The van der Waals surface area contributed by atoms with Crippen molar-refractivity contribution in [2.75, 3.05) is 31.2 Å². The van der Waals surface area contributed by atoms with E-state index in [2.05, 4.69) is 26.8 Å². The lowest BCUT2D eigenvalue weighted by atomic mass is 10.2. The van der Waals surface area contributed by atoms with Crippen LogP contribution in [0.15, 0.2) is 30.7 Å². The second kappa shape index (κ2) is 8.19. The molecule has 0 amide bonds. The van der Waals surface area contributed by atoms with Crippen molar-refractivity contribution in [1.29, 1.82) is 0 Å². The van der Waals surface area contributed by atoms with Gasteiger partial charge in [-0.15, -0.1) is 0 Å². The number of nitrogens with zero attached hydrogens (tertiary/aromatic N) is 4. The van der Waals surface area contributed by atoms with Crippen molar-refractivity contribution in [2.45, 2.75) is 45.0 Å². The molecule has 2 aromatic heterocycles. The molecule has 0 unspecified atom stereocenters. The molecule has 0 aliphatic carbocycles. The molecule has 0 radical (unpaired) electrons. The number of hydrogen-bond acceptors (Lipinski definition) is 7. The highest BCUT2D eigenvalue weighted by Crippen LogP contribution is 2.24. The molecule has 0 bridgehead atoms. The first-order valence-electron chi connectivity index (χ1n) is 9.59. The van der Waals surface area contributed by atoms with E-state index in [1.165, 1.54) is 5.56 Å². The zero-order valence-corrected chi connectivity index (χ0v) is 15.9. The molecule has 7 nitrogen and oxygen atoms in total. The number of anilines is 1. The highest BCUT2D eigenvalue weighted by molar-refractivity contribution is 5.33. The van der Waals surface area contributed by atoms with Crippen LogP contribution in [0.25, 0.3) is 0 Å². The lowest BCUT2D eigenvalue weighted by Gasteiger charge is -2.19. The Morgan fingerprint density at radius 2 is 1.74 bits per heavy atom. The summed E-state index contributed by atoms with van der Waals surface area (Å²) in [5.41, 5.74) is 2.14. The molecule has 2 aliphatic heterocycles. The van der Waals surface area contributed by atoms with E-state index in [4.69, 9.17) is 14.2 Å². The van der Waals surface area contributed by atoms with Crippen LogP contribution >= 0.6 is 0 Å². The quantitative estimate of drug-likeness (QED) is 0.799. The average molecular weight is 370 g/mol. The molecule has 144 valence electrons. The van der Waals surface area contributed by atoms with E-state index < -0.39 is 0 Å². The SMILES string of the molecule is CCCc1cnc(N2C[C@@H]3OCC(Oc4ccc(C)nc4)CO[C@H]3C2)nc1. The van der Waals surface area contributed by atoms with Gasteiger partial charge in [-0.2, -0.15) is 0 Å². The summed E-state index contributed by atoms with van der Waals surface area (Å²) in [6.07, 6.45) is 7.57. The molecule has 0 spiro atoms. The highest BCUT2D eigenvalue weighted by atomic mass is 16.6. The second-order valence-corrected chi connectivity index (χ2v) is 7.17. The average Bonchev–Trinajstić information content (AvgIpc) is 3.01. The predicted molar refractivity (Wildman–Crippen MR) is 101 cm³/mol. The molecule has 0 aromatic carbocycles. The molecule has 2 atom stereocenters. The topological polar surface area (TPSA) is 69.6 Å². The van der Waals surface area contributed by atoms with E-state index in [0.717, 1.165) is 43.3 Å². The first-order valence-corrected chi connectivity index (χ1v) is 9.59. The summed E-state index contributed by atoms with van der Waals surface area (Å²) in [5.74, 6) is 1.49. The van der Waals surface area contributed by atoms with Crippen molar-refractivity contribution in [1.82, 2.24) is 15.0 Å². The van der Waals surface area contributed by atoms with Crippen LogP contribution in [0.4, 0.5) is 5.95 Å². The van der Waals surface area contributed by atoms with Gasteiger partial charge in [-0.3, -0.25) is 4.98 Å². The van der Waals surface area contributed by atoms with E-state index in [0.29, 0.717) is 13.2 Å². The van der Waals surface area contributed by atoms with E-state index in [1.54, 1.807) is 6.20 Å². The van der Waals surface area contributed by atoms with Crippen molar-refractivity contribution >= 4 is 5.95 Å². The van der Waals surface area contributed by atoms with Crippen LogP contribution in [0.2, 0.25) is 0 Å². The van der Waals surface area contributed by atoms with Gasteiger partial charge in [-0.25, -0.2) is 9.97 Å². The maximum Gasteiger partial charge on any atom is 0.225 e. The van der Waals surface area contributed by atoms with Crippen molar-refractivity contribution < 1.29 is 14.2 Å². The Hall–Kier alpha value is -2.25. The Morgan fingerprint density at radius 3 is 2.33 bits per heavy atom. The minimum Gasteiger partial charge on any atom is -0.484 e. The monoisotopic (exact) mass is 370 g/mol. The zero-order chi connectivity index (χ0) is 18.6. The number of pyridine rings is 1. The maximum absolute atomic E-state index is 6.08. The first-order chi connectivity index (χ1) is 13.2. The number of aryl methyl sites for hydroxylation is 2. The lowest BCUT2D eigenvalue weighted by molar-refractivity contribution is -0.00461. The number of aromatic nitrogens is 3. The molecule has 4 heterocycles. The van der Waals surface area contributed by atoms with Gasteiger partial charge in [0.2, 0.25) is 5.95 Å². The van der Waals surface area contributed by atoms with Crippen molar-refractivity contribution in [3.8, 4) is 5.75 Å². The second-order valence-electron chi connectivity index (χ2n) is 7.17. The van der Waals surface area contributed by atoms with Crippen LogP contribution in [-0.2, 0) is 15.9 Å². The number of fused-ring (bicyclic) bond motifs is 1. The van der Waals surface area contributed by atoms with Crippen LogP contribution in [0.5, 0.6) is 5.75 Å². The molecule has 2 aliphatic rings. The van der Waals surface area contributed by atoms with Gasteiger partial charge in [0.25, 0.3) is 0 Å². The molecular formula is C20H26N4O3. The molecule has 4 rings (SSSR count). The summed E-state index contributed by atoms with van der Waals surface area (Å²) in [7, 11) is 0. The smallest absolute Gasteiger partial charge is 0.225 e. The van der Waals surface area contributed by atoms with E-state index in [-0.39, 0.29) is 18.3 Å². The zero-order valence-electron chi connectivity index (χ0n) is 15.9. The minimum absolute atomic E-state index is 0.00802. The summed E-state index contributed by atoms with van der Waals surface area (Å²) in [6, 6.07) is 3.86. The summed E-state index contributed by atoms with van der Waals surface area (Å²) in [5, 5.41) is 0. The van der Waals surface area contributed by atoms with E-state index in [1.807, 2.05) is 31.5 Å². The van der Waals surface area contributed by atoms with Gasteiger partial charge in [0.05, 0.1) is 19.4 Å². The Balaban J connectivity index is 1.32. The van der Waals surface area contributed by atoms with E-state index >= 15 is 0 Å². The molecular weight excluding hydrogens is 344 g/mol. The fourth-order valence-corrected chi connectivity index (χ4v) is 3.45. The maximum atomic E-state index is 6.08. The van der Waals surface area contributed by atoms with Gasteiger partial charge in [0.1, 0.15) is 24.1 Å². The first kappa shape index (κ1) is 18.1. The van der Waals surface area contributed by atoms with Gasteiger partial charge >= 0.3 is 0 Å². The molecule has 2 fully saturated rings. The highest BCUT2D eigenvalue weighted by Gasteiger charge is 2.38. The Labute approximate surface area is 159 Å². The lowest BCUT2D eigenvalue weighted by Crippen LogP contribution is -2.30. The Kier molecular flexibility index (Phi) is 5.50. The fraction of sp³-hybridized carbons (Fsp3) is 0.550. The van der Waals surface area contributed by atoms with Crippen LogP contribution < -0.4 is 9.64 Å². The van der Waals surface area contributed by atoms with Gasteiger partial charge < -0.3 is 19.1 Å². The molecule has 2 saturated heterocycles. The molecule has 0 N–H and O–H groups in total. The Bertz CT molecular complexity index is 722. The summed E-state index contributed by atoms with van der Waals surface area (Å²) in [6.45, 7) is 6.57. The standard InChI is InChI=1S/C20H26N4O3/c1-3-4-15-7-22-20(23-8-15)24-10-18-19(11-24)26-13-17(12-25-18)27-16-6-5-14(2)21-9-16/h5-9,17-19H,3-4,10-13H2,1-2H3/t18-,19-/m0/s1. The van der Waals surface area contributed by atoms with E-state index in [9.17, 15) is 0 Å². The summed E-state index contributed by atoms with van der Waals surface area (Å²) >= 11 is 0. The van der Waals surface area contributed by atoms with Crippen LogP contribution in [0.3, 0.4) is 0 Å². The number of ether oxygens (including phenoxy) is 3. The largest absolute Gasteiger partial charge is 0.484 e. The van der Waals surface area contributed by atoms with Crippen LogP contribution in [0, 0.1) is 6.92 Å². The predicted octanol–water partition coefficient (Wildman–Crippen LogP) is 2.18. The van der Waals surface area contributed by atoms with Gasteiger partial charge in [-0.05, 0) is 31.0 Å². The number of rotatable bonds is 5. The van der Waals surface area contributed by atoms with Crippen LogP contribution in [0.1, 0.15) is 24.6 Å². The molecule has 27 heavy (non-hydrogen) atoms. The van der Waals surface area contributed by atoms with Crippen molar-refractivity contribution in [3.63, 3.8) is 0 Å². The van der Waals surface area contributed by atoms with Crippen LogP contribution in [-0.4, -0.2) is 59.6 Å². The fourth-order valence-electron chi connectivity index (χ4n) is 3.45. The third kappa shape index (κ3) is 4.36. The minimum atomic E-state index is -0.127.